The second kappa shape index (κ2) is 8.69. The van der Waals surface area contributed by atoms with E-state index in [-0.39, 0.29) is 5.69 Å². The molecule has 4 aromatic rings. The second-order valence-corrected chi connectivity index (χ2v) is 6.53. The first-order valence-electron chi connectivity index (χ1n) is 9.40. The number of fused-ring (bicyclic) bond motifs is 2. The molecule has 0 N–H and O–H groups in total. The maximum absolute atomic E-state index is 11.5. The topological polar surface area (TPSA) is 100 Å². The van der Waals surface area contributed by atoms with Crippen molar-refractivity contribution in [3.05, 3.63) is 64.1 Å². The normalized spacial score (nSPS) is 11.0. The van der Waals surface area contributed by atoms with Gasteiger partial charge in [-0.25, -0.2) is 4.79 Å². The SMILES string of the molecule is COc1cc(N=O)ccc1OCCCCOc1c2ccoc2cc2oc(=O)ccc12. The van der Waals surface area contributed by atoms with Crippen LogP contribution in [0.4, 0.5) is 5.69 Å². The average molecular weight is 409 g/mol. The summed E-state index contributed by atoms with van der Waals surface area (Å²) in [4.78, 5) is 22.1. The van der Waals surface area contributed by atoms with Crippen LogP contribution in [0.2, 0.25) is 0 Å². The first-order valence-corrected chi connectivity index (χ1v) is 9.40. The lowest BCUT2D eigenvalue weighted by molar-refractivity contribution is 0.260. The first kappa shape index (κ1) is 19.5. The van der Waals surface area contributed by atoms with Crippen LogP contribution < -0.4 is 19.8 Å². The molecule has 8 nitrogen and oxygen atoms in total. The average Bonchev–Trinajstić information content (AvgIpc) is 3.23. The highest BCUT2D eigenvalue weighted by Crippen LogP contribution is 2.35. The molecule has 154 valence electrons. The van der Waals surface area contributed by atoms with Crippen molar-refractivity contribution in [1.29, 1.82) is 0 Å². The van der Waals surface area contributed by atoms with E-state index in [0.29, 0.717) is 47.0 Å². The predicted molar refractivity (Wildman–Crippen MR) is 111 cm³/mol. The van der Waals surface area contributed by atoms with E-state index in [1.54, 1.807) is 30.5 Å². The fraction of sp³-hybridized carbons (Fsp3) is 0.227. The Balaban J connectivity index is 1.37. The third-order valence-corrected chi connectivity index (χ3v) is 4.60. The van der Waals surface area contributed by atoms with Gasteiger partial charge in [0.2, 0.25) is 0 Å². The molecule has 2 aromatic heterocycles. The smallest absolute Gasteiger partial charge is 0.336 e. The first-order chi connectivity index (χ1) is 14.7. The van der Waals surface area contributed by atoms with Crippen LogP contribution in [0.1, 0.15) is 12.8 Å². The number of nitrogens with zero attached hydrogens (tertiary/aromatic N) is 1. The molecule has 0 aliphatic heterocycles. The van der Waals surface area contributed by atoms with Crippen molar-refractivity contribution in [3.63, 3.8) is 0 Å². The van der Waals surface area contributed by atoms with E-state index in [1.807, 2.05) is 6.07 Å². The van der Waals surface area contributed by atoms with Gasteiger partial charge >= 0.3 is 5.63 Å². The number of furan rings is 1. The van der Waals surface area contributed by atoms with Gasteiger partial charge in [-0.2, -0.15) is 0 Å². The van der Waals surface area contributed by atoms with Gasteiger partial charge in [0.15, 0.2) is 11.5 Å². The minimum Gasteiger partial charge on any atom is -0.493 e. The molecule has 0 unspecified atom stereocenters. The van der Waals surface area contributed by atoms with E-state index in [4.69, 9.17) is 23.0 Å². The zero-order chi connectivity index (χ0) is 20.9. The highest BCUT2D eigenvalue weighted by molar-refractivity contribution is 6.01. The van der Waals surface area contributed by atoms with Crippen molar-refractivity contribution in [2.75, 3.05) is 20.3 Å². The molecule has 0 saturated carbocycles. The number of methoxy groups -OCH3 is 1. The Morgan fingerprint density at radius 3 is 2.50 bits per heavy atom. The van der Waals surface area contributed by atoms with Crippen molar-refractivity contribution in [3.8, 4) is 17.2 Å². The number of ether oxygens (including phenoxy) is 3. The van der Waals surface area contributed by atoms with E-state index >= 15 is 0 Å². The molecule has 0 radical (unpaired) electrons. The summed E-state index contributed by atoms with van der Waals surface area (Å²) in [7, 11) is 1.51. The largest absolute Gasteiger partial charge is 0.493 e. The summed E-state index contributed by atoms with van der Waals surface area (Å²) in [5.41, 5.74) is 0.868. The van der Waals surface area contributed by atoms with E-state index in [0.717, 1.165) is 18.2 Å². The second-order valence-electron chi connectivity index (χ2n) is 6.53. The van der Waals surface area contributed by atoms with Crippen LogP contribution in [0, 0.1) is 4.91 Å². The van der Waals surface area contributed by atoms with Gasteiger partial charge in [0.05, 0.1) is 37.4 Å². The van der Waals surface area contributed by atoms with Gasteiger partial charge in [-0.1, -0.05) is 0 Å². The molecule has 0 aliphatic rings. The summed E-state index contributed by atoms with van der Waals surface area (Å²) in [6.45, 7) is 0.909. The third-order valence-electron chi connectivity index (χ3n) is 4.60. The van der Waals surface area contributed by atoms with Gasteiger partial charge in [0.25, 0.3) is 0 Å². The van der Waals surface area contributed by atoms with Crippen LogP contribution in [-0.2, 0) is 0 Å². The highest BCUT2D eigenvalue weighted by Gasteiger charge is 2.13. The van der Waals surface area contributed by atoms with E-state index in [1.165, 1.54) is 19.2 Å². The molecule has 30 heavy (non-hydrogen) atoms. The fourth-order valence-corrected chi connectivity index (χ4v) is 3.16. The zero-order valence-corrected chi connectivity index (χ0v) is 16.3. The summed E-state index contributed by atoms with van der Waals surface area (Å²) in [5.74, 6) is 1.64. The van der Waals surface area contributed by atoms with Crippen LogP contribution in [0.15, 0.2) is 67.5 Å². The highest BCUT2D eigenvalue weighted by atomic mass is 16.5. The summed E-state index contributed by atoms with van der Waals surface area (Å²) < 4.78 is 27.7. The number of benzene rings is 2. The number of unbranched alkanes of at least 4 members (excludes halogenated alkanes) is 1. The summed E-state index contributed by atoms with van der Waals surface area (Å²) in [5, 5.41) is 4.42. The lowest BCUT2D eigenvalue weighted by Crippen LogP contribution is -2.04. The van der Waals surface area contributed by atoms with Crippen molar-refractivity contribution in [2.45, 2.75) is 12.8 Å². The quantitative estimate of drug-likeness (QED) is 0.213. The van der Waals surface area contributed by atoms with Gasteiger partial charge in [0.1, 0.15) is 22.6 Å². The Morgan fingerprint density at radius 1 is 0.900 bits per heavy atom. The molecular weight excluding hydrogens is 390 g/mol. The molecule has 0 atom stereocenters. The minimum absolute atomic E-state index is 0.282. The van der Waals surface area contributed by atoms with Crippen LogP contribution in [-0.4, -0.2) is 20.3 Å². The molecule has 0 aliphatic carbocycles. The number of hydrogen-bond donors (Lipinski definition) is 0. The molecule has 0 spiro atoms. The Labute approximate surface area is 170 Å². The predicted octanol–water partition coefficient (Wildman–Crippen LogP) is 5.18. The zero-order valence-electron chi connectivity index (χ0n) is 16.3. The molecule has 0 saturated heterocycles. The molecule has 0 fully saturated rings. The monoisotopic (exact) mass is 409 g/mol. The van der Waals surface area contributed by atoms with Gasteiger partial charge in [-0.3, -0.25) is 0 Å². The lowest BCUT2D eigenvalue weighted by Gasteiger charge is -2.12. The fourth-order valence-electron chi connectivity index (χ4n) is 3.16. The van der Waals surface area contributed by atoms with Gasteiger partial charge in [0, 0.05) is 18.2 Å². The van der Waals surface area contributed by atoms with Crippen molar-refractivity contribution in [1.82, 2.24) is 0 Å². The van der Waals surface area contributed by atoms with Crippen LogP contribution in [0.3, 0.4) is 0 Å². The standard InChI is InChI=1S/C22H19NO7/c1-26-20-12-14(23-25)4-6-17(20)27-9-2-3-10-29-22-15-5-7-21(24)30-19(15)13-18-16(22)8-11-28-18/h4-8,11-13H,2-3,9-10H2,1H3. The molecule has 2 heterocycles. The summed E-state index contributed by atoms with van der Waals surface area (Å²) in [6, 6.07) is 11.3. The molecule has 0 amide bonds. The van der Waals surface area contributed by atoms with Crippen LogP contribution >= 0.6 is 0 Å². The lowest BCUT2D eigenvalue weighted by atomic mass is 10.1. The van der Waals surface area contributed by atoms with Crippen molar-refractivity contribution in [2.24, 2.45) is 5.18 Å². The van der Waals surface area contributed by atoms with E-state index in [2.05, 4.69) is 5.18 Å². The van der Waals surface area contributed by atoms with Gasteiger partial charge in [-0.15, -0.1) is 4.91 Å². The molecule has 2 aromatic carbocycles. The van der Waals surface area contributed by atoms with Crippen LogP contribution in [0.25, 0.3) is 21.9 Å². The minimum atomic E-state index is -0.427. The molecule has 8 heteroatoms. The summed E-state index contributed by atoms with van der Waals surface area (Å²) in [6.07, 6.45) is 3.05. The maximum atomic E-state index is 11.5. The molecule has 4 rings (SSSR count). The Morgan fingerprint density at radius 2 is 1.70 bits per heavy atom. The van der Waals surface area contributed by atoms with Gasteiger partial charge < -0.3 is 23.0 Å². The van der Waals surface area contributed by atoms with Crippen LogP contribution in [0.5, 0.6) is 17.2 Å². The van der Waals surface area contributed by atoms with E-state index in [9.17, 15) is 9.70 Å². The Kier molecular flexibility index (Phi) is 5.65. The Hall–Kier alpha value is -3.81. The van der Waals surface area contributed by atoms with Gasteiger partial charge in [-0.05, 0) is 42.3 Å². The van der Waals surface area contributed by atoms with Crippen molar-refractivity contribution < 1.29 is 23.0 Å². The molecular formula is C22H19NO7. The van der Waals surface area contributed by atoms with Crippen molar-refractivity contribution >= 4 is 27.6 Å². The number of nitroso groups, excluding NO2 is 1. The summed E-state index contributed by atoms with van der Waals surface area (Å²) >= 11 is 0. The van der Waals surface area contributed by atoms with E-state index < -0.39 is 5.63 Å². The third kappa shape index (κ3) is 3.98. The maximum Gasteiger partial charge on any atom is 0.336 e. The number of rotatable bonds is 9. The Bertz CT molecular complexity index is 1240. The molecule has 0 bridgehead atoms. The number of hydrogen-bond acceptors (Lipinski definition) is 8.